The molecule has 1 aliphatic rings. The van der Waals surface area contributed by atoms with E-state index >= 15 is 0 Å². The van der Waals surface area contributed by atoms with E-state index in [9.17, 15) is 5.11 Å². The first-order valence-electron chi connectivity index (χ1n) is 3.84. The molecule has 3 nitrogen and oxygen atoms in total. The summed E-state index contributed by atoms with van der Waals surface area (Å²) in [7, 11) is 0. The summed E-state index contributed by atoms with van der Waals surface area (Å²) in [6.07, 6.45) is -0.00463. The van der Waals surface area contributed by atoms with Crippen LogP contribution in [0.25, 0.3) is 0 Å². The molecule has 1 N–H and O–H groups in total. The van der Waals surface area contributed by atoms with Crippen LogP contribution < -0.4 is 0 Å². The van der Waals surface area contributed by atoms with Crippen LogP contribution in [-0.2, 0) is 4.74 Å². The Morgan fingerprint density at radius 3 is 2.27 bits per heavy atom. The molecule has 3 heteroatoms. The maximum absolute atomic E-state index is 9.62. The Bertz CT molecular complexity index is 181. The number of nitrogens with zero attached hydrogens (tertiary/aromatic N) is 1. The van der Waals surface area contributed by atoms with Crippen LogP contribution in [0.1, 0.15) is 27.7 Å². The number of hydrogen-bond acceptors (Lipinski definition) is 3. The summed E-state index contributed by atoms with van der Waals surface area (Å²) in [5, 5.41) is 9.62. The van der Waals surface area contributed by atoms with Crippen molar-refractivity contribution in [1.29, 1.82) is 0 Å². The molecule has 1 aliphatic heterocycles. The zero-order valence-corrected chi connectivity index (χ0v) is 7.46. The maximum Gasteiger partial charge on any atom is 0.180 e. The van der Waals surface area contributed by atoms with Crippen LogP contribution >= 0.6 is 0 Å². The largest absolute Gasteiger partial charge is 0.476 e. The minimum atomic E-state index is -0.781. The van der Waals surface area contributed by atoms with Gasteiger partial charge in [0.25, 0.3) is 0 Å². The standard InChI is InChI=1S/C8H15NO2/c1-5-7(8(3,4)10)9-6(2)11-5/h5,7,10H,1-4H3/t5-,7+/m1/s1. The van der Waals surface area contributed by atoms with Gasteiger partial charge in [0.05, 0.1) is 5.60 Å². The Balaban J connectivity index is 2.74. The molecule has 0 aromatic rings. The lowest BCUT2D eigenvalue weighted by Crippen LogP contribution is -2.40. The quantitative estimate of drug-likeness (QED) is 0.616. The van der Waals surface area contributed by atoms with Crippen molar-refractivity contribution in [1.82, 2.24) is 0 Å². The number of ether oxygens (including phenoxy) is 1. The van der Waals surface area contributed by atoms with Gasteiger partial charge in [-0.2, -0.15) is 0 Å². The SMILES string of the molecule is CC1=N[C@H](C(C)(C)O)[C@@H](C)O1. The van der Waals surface area contributed by atoms with Crippen molar-refractivity contribution < 1.29 is 9.84 Å². The van der Waals surface area contributed by atoms with Crippen LogP contribution in [0.4, 0.5) is 0 Å². The van der Waals surface area contributed by atoms with Crippen molar-refractivity contribution >= 4 is 5.90 Å². The molecule has 11 heavy (non-hydrogen) atoms. The minimum Gasteiger partial charge on any atom is -0.476 e. The number of aliphatic hydroxyl groups is 1. The Hall–Kier alpha value is -0.570. The normalized spacial score (nSPS) is 31.5. The smallest absolute Gasteiger partial charge is 0.180 e. The van der Waals surface area contributed by atoms with E-state index in [1.54, 1.807) is 13.8 Å². The second-order valence-corrected chi connectivity index (χ2v) is 3.57. The summed E-state index contributed by atoms with van der Waals surface area (Å²) in [6, 6.07) is -0.123. The molecular weight excluding hydrogens is 142 g/mol. The highest BCUT2D eigenvalue weighted by atomic mass is 16.5. The van der Waals surface area contributed by atoms with Crippen LogP contribution in [0, 0.1) is 0 Å². The molecule has 0 bridgehead atoms. The van der Waals surface area contributed by atoms with E-state index in [0.29, 0.717) is 5.90 Å². The van der Waals surface area contributed by atoms with Crippen LogP contribution in [0.3, 0.4) is 0 Å². The third-order valence-corrected chi connectivity index (χ3v) is 1.85. The molecule has 0 fully saturated rings. The van der Waals surface area contributed by atoms with Crippen LogP contribution in [0.5, 0.6) is 0 Å². The monoisotopic (exact) mass is 157 g/mol. The van der Waals surface area contributed by atoms with E-state index < -0.39 is 5.60 Å². The van der Waals surface area contributed by atoms with Crippen molar-refractivity contribution in [3.05, 3.63) is 0 Å². The van der Waals surface area contributed by atoms with Gasteiger partial charge < -0.3 is 9.84 Å². The Morgan fingerprint density at radius 2 is 2.09 bits per heavy atom. The fourth-order valence-electron chi connectivity index (χ4n) is 1.40. The minimum absolute atomic E-state index is 0.00463. The van der Waals surface area contributed by atoms with Crippen molar-refractivity contribution in [2.75, 3.05) is 0 Å². The molecule has 0 aromatic heterocycles. The van der Waals surface area contributed by atoms with Crippen LogP contribution in [0.2, 0.25) is 0 Å². The van der Waals surface area contributed by atoms with Gasteiger partial charge in [0, 0.05) is 6.92 Å². The first-order chi connectivity index (χ1) is 4.91. The van der Waals surface area contributed by atoms with Crippen LogP contribution in [-0.4, -0.2) is 28.8 Å². The summed E-state index contributed by atoms with van der Waals surface area (Å²) < 4.78 is 5.29. The van der Waals surface area contributed by atoms with Gasteiger partial charge in [-0.15, -0.1) is 0 Å². The van der Waals surface area contributed by atoms with Gasteiger partial charge in [-0.25, -0.2) is 4.99 Å². The fourth-order valence-corrected chi connectivity index (χ4v) is 1.40. The van der Waals surface area contributed by atoms with Crippen molar-refractivity contribution in [3.8, 4) is 0 Å². The summed E-state index contributed by atoms with van der Waals surface area (Å²) >= 11 is 0. The third-order valence-electron chi connectivity index (χ3n) is 1.85. The second-order valence-electron chi connectivity index (χ2n) is 3.57. The topological polar surface area (TPSA) is 41.8 Å². The highest BCUT2D eigenvalue weighted by Crippen LogP contribution is 2.23. The third kappa shape index (κ3) is 1.71. The highest BCUT2D eigenvalue weighted by Gasteiger charge is 2.36. The van der Waals surface area contributed by atoms with Gasteiger partial charge in [0.1, 0.15) is 12.1 Å². The van der Waals surface area contributed by atoms with Crippen LogP contribution in [0.15, 0.2) is 4.99 Å². The van der Waals surface area contributed by atoms with Gasteiger partial charge in [0.2, 0.25) is 0 Å². The fraction of sp³-hybridized carbons (Fsp3) is 0.875. The Labute approximate surface area is 67.1 Å². The predicted molar refractivity (Wildman–Crippen MR) is 43.7 cm³/mol. The molecular formula is C8H15NO2. The number of aliphatic imine (C=N–C) groups is 1. The summed E-state index contributed by atoms with van der Waals surface area (Å²) in [5.41, 5.74) is -0.781. The number of hydrogen-bond donors (Lipinski definition) is 1. The van der Waals surface area contributed by atoms with Gasteiger partial charge in [-0.3, -0.25) is 0 Å². The second kappa shape index (κ2) is 2.48. The van der Waals surface area contributed by atoms with Gasteiger partial charge in [-0.05, 0) is 20.8 Å². The summed E-state index contributed by atoms with van der Waals surface area (Å²) in [5.74, 6) is 0.671. The first kappa shape index (κ1) is 8.53. The average molecular weight is 157 g/mol. The lowest BCUT2D eigenvalue weighted by atomic mass is 9.96. The molecule has 0 saturated heterocycles. The molecule has 0 aromatic carbocycles. The molecule has 0 aliphatic carbocycles. The molecule has 0 saturated carbocycles. The molecule has 2 atom stereocenters. The van der Waals surface area contributed by atoms with Crippen molar-refractivity contribution in [3.63, 3.8) is 0 Å². The van der Waals surface area contributed by atoms with E-state index in [-0.39, 0.29) is 12.1 Å². The Morgan fingerprint density at radius 1 is 1.55 bits per heavy atom. The molecule has 1 heterocycles. The van der Waals surface area contributed by atoms with E-state index in [1.165, 1.54) is 0 Å². The molecule has 0 radical (unpaired) electrons. The summed E-state index contributed by atoms with van der Waals surface area (Å²) in [6.45, 7) is 7.23. The number of rotatable bonds is 1. The van der Waals surface area contributed by atoms with Gasteiger partial charge in [0.15, 0.2) is 5.90 Å². The van der Waals surface area contributed by atoms with Crippen molar-refractivity contribution in [2.45, 2.75) is 45.4 Å². The van der Waals surface area contributed by atoms with Crippen molar-refractivity contribution in [2.24, 2.45) is 4.99 Å². The lowest BCUT2D eigenvalue weighted by Gasteiger charge is -2.25. The van der Waals surface area contributed by atoms with E-state index in [0.717, 1.165) is 0 Å². The lowest BCUT2D eigenvalue weighted by molar-refractivity contribution is 0.0214. The molecule has 0 spiro atoms. The highest BCUT2D eigenvalue weighted by molar-refractivity contribution is 5.75. The molecule has 64 valence electrons. The van der Waals surface area contributed by atoms with E-state index in [4.69, 9.17) is 4.74 Å². The summed E-state index contributed by atoms with van der Waals surface area (Å²) in [4.78, 5) is 4.19. The Kier molecular flexibility index (Phi) is 1.92. The molecule has 0 unspecified atom stereocenters. The average Bonchev–Trinajstić information content (AvgIpc) is 2.08. The van der Waals surface area contributed by atoms with Gasteiger partial charge in [-0.1, -0.05) is 0 Å². The van der Waals surface area contributed by atoms with E-state index in [2.05, 4.69) is 4.99 Å². The van der Waals surface area contributed by atoms with Gasteiger partial charge >= 0.3 is 0 Å². The molecule has 1 rings (SSSR count). The van der Waals surface area contributed by atoms with E-state index in [1.807, 2.05) is 13.8 Å². The first-order valence-corrected chi connectivity index (χ1v) is 3.84. The zero-order chi connectivity index (χ0) is 8.65. The molecule has 0 amide bonds. The maximum atomic E-state index is 9.62. The predicted octanol–water partition coefficient (Wildman–Crippen LogP) is 0.963. The zero-order valence-electron chi connectivity index (χ0n) is 7.46.